The minimum absolute atomic E-state index is 0.123. The second-order valence-corrected chi connectivity index (χ2v) is 3.69. The Labute approximate surface area is 114 Å². The van der Waals surface area contributed by atoms with Crippen molar-refractivity contribution in [3.05, 3.63) is 29.8 Å². The summed E-state index contributed by atoms with van der Waals surface area (Å²) in [5, 5.41) is 12.1. The molecule has 1 rings (SSSR count). The largest absolute Gasteiger partial charge is 0.466 e. The Bertz CT molecular complexity index is 521. The molecule has 0 saturated heterocycles. The van der Waals surface area contributed by atoms with E-state index in [0.29, 0.717) is 11.3 Å². The van der Waals surface area contributed by atoms with E-state index >= 15 is 0 Å². The summed E-state index contributed by atoms with van der Waals surface area (Å²) < 4.78 is 30.0. The van der Waals surface area contributed by atoms with Gasteiger partial charge in [0.1, 0.15) is 5.71 Å². The number of nitriles is 1. The van der Waals surface area contributed by atoms with E-state index in [9.17, 15) is 13.6 Å². The zero-order chi connectivity index (χ0) is 15.0. The highest BCUT2D eigenvalue weighted by Gasteiger charge is 2.18. The molecule has 0 fully saturated rings. The van der Waals surface area contributed by atoms with E-state index < -0.39 is 24.5 Å². The van der Waals surface area contributed by atoms with Crippen LogP contribution in [0.4, 0.5) is 14.5 Å². The van der Waals surface area contributed by atoms with Crippen LogP contribution in [0, 0.1) is 11.3 Å². The molecular weight excluding hydrogens is 268 g/mol. The van der Waals surface area contributed by atoms with Gasteiger partial charge in [-0.05, 0) is 31.2 Å². The van der Waals surface area contributed by atoms with Gasteiger partial charge in [0.15, 0.2) is 0 Å². The summed E-state index contributed by atoms with van der Waals surface area (Å²) >= 11 is 0. The first-order valence-corrected chi connectivity index (χ1v) is 5.83. The van der Waals surface area contributed by atoms with Gasteiger partial charge < -0.3 is 4.74 Å². The molecule has 0 aliphatic carbocycles. The third kappa shape index (κ3) is 5.02. The van der Waals surface area contributed by atoms with Gasteiger partial charge in [0.05, 0.1) is 30.3 Å². The molecular formula is C13H13F2N3O2. The number of hydrogen-bond donors (Lipinski definition) is 1. The maximum absolute atomic E-state index is 12.7. The Kier molecular flexibility index (Phi) is 6.10. The van der Waals surface area contributed by atoms with Crippen LogP contribution in [0.2, 0.25) is 0 Å². The number of nitrogens with zero attached hydrogens (tertiary/aromatic N) is 2. The van der Waals surface area contributed by atoms with Crippen molar-refractivity contribution in [2.75, 3.05) is 12.0 Å². The van der Waals surface area contributed by atoms with Crippen molar-refractivity contribution in [3.8, 4) is 6.07 Å². The minimum atomic E-state index is -2.86. The molecule has 0 atom stereocenters. The van der Waals surface area contributed by atoms with Gasteiger partial charge in [-0.2, -0.15) is 10.4 Å². The van der Waals surface area contributed by atoms with Crippen LogP contribution < -0.4 is 5.43 Å². The number of anilines is 1. The van der Waals surface area contributed by atoms with E-state index in [0.717, 1.165) is 0 Å². The molecule has 0 heterocycles. The van der Waals surface area contributed by atoms with Gasteiger partial charge in [-0.3, -0.25) is 10.2 Å². The van der Waals surface area contributed by atoms with E-state index in [1.807, 2.05) is 6.07 Å². The first kappa shape index (κ1) is 15.6. The summed E-state index contributed by atoms with van der Waals surface area (Å²) in [7, 11) is 0. The maximum Gasteiger partial charge on any atom is 0.311 e. The molecule has 1 aromatic carbocycles. The number of carbonyl (C=O) groups is 1. The summed E-state index contributed by atoms with van der Waals surface area (Å²) in [6.07, 6.45) is -3.43. The summed E-state index contributed by atoms with van der Waals surface area (Å²) in [6.45, 7) is 1.71. The molecule has 0 aliphatic rings. The molecule has 20 heavy (non-hydrogen) atoms. The zero-order valence-corrected chi connectivity index (χ0v) is 10.8. The predicted octanol–water partition coefficient (Wildman–Crippen LogP) is 2.54. The molecule has 0 amide bonds. The fourth-order valence-electron chi connectivity index (χ4n) is 1.28. The van der Waals surface area contributed by atoms with Crippen molar-refractivity contribution in [1.82, 2.24) is 0 Å². The van der Waals surface area contributed by atoms with Crippen LogP contribution in [0.15, 0.2) is 29.4 Å². The van der Waals surface area contributed by atoms with E-state index in [-0.39, 0.29) is 6.61 Å². The van der Waals surface area contributed by atoms with Gasteiger partial charge >= 0.3 is 5.97 Å². The second-order valence-electron chi connectivity index (χ2n) is 3.69. The Balaban J connectivity index is 2.71. The summed E-state index contributed by atoms with van der Waals surface area (Å²) in [6, 6.07) is 8.02. The number of rotatable bonds is 6. The summed E-state index contributed by atoms with van der Waals surface area (Å²) in [5.41, 5.74) is 2.69. The van der Waals surface area contributed by atoms with Gasteiger partial charge in [0.2, 0.25) is 0 Å². The molecule has 1 aromatic rings. The average molecular weight is 281 g/mol. The lowest BCUT2D eigenvalue weighted by Crippen LogP contribution is -2.19. The van der Waals surface area contributed by atoms with Crippen molar-refractivity contribution in [1.29, 1.82) is 5.26 Å². The van der Waals surface area contributed by atoms with Gasteiger partial charge in [-0.1, -0.05) is 0 Å². The lowest BCUT2D eigenvalue weighted by atomic mass is 10.2. The third-order valence-corrected chi connectivity index (χ3v) is 2.23. The van der Waals surface area contributed by atoms with E-state index in [4.69, 9.17) is 5.26 Å². The highest BCUT2D eigenvalue weighted by Crippen LogP contribution is 2.10. The molecule has 0 spiro atoms. The normalized spacial score (nSPS) is 11.1. The van der Waals surface area contributed by atoms with Crippen LogP contribution in [0.3, 0.4) is 0 Å². The van der Waals surface area contributed by atoms with Crippen LogP contribution in [-0.4, -0.2) is 24.7 Å². The number of benzene rings is 1. The Hall–Kier alpha value is -2.49. The standard InChI is InChI=1S/C13H13F2N3O2/c1-2-20-12(19)7-11(13(14)15)18-17-10-5-3-9(8-16)4-6-10/h3-6,13,17H,2,7H2,1H3/b18-11+. The highest BCUT2D eigenvalue weighted by molar-refractivity contribution is 6.01. The molecule has 0 aromatic heterocycles. The fourth-order valence-corrected chi connectivity index (χ4v) is 1.28. The molecule has 0 radical (unpaired) electrons. The molecule has 5 nitrogen and oxygen atoms in total. The zero-order valence-electron chi connectivity index (χ0n) is 10.8. The number of hydrazone groups is 1. The van der Waals surface area contributed by atoms with E-state index in [1.165, 1.54) is 24.3 Å². The monoisotopic (exact) mass is 281 g/mol. The van der Waals surface area contributed by atoms with Crippen LogP contribution in [-0.2, 0) is 9.53 Å². The number of ether oxygens (including phenoxy) is 1. The van der Waals surface area contributed by atoms with Gasteiger partial charge in [-0.25, -0.2) is 8.78 Å². The number of esters is 1. The van der Waals surface area contributed by atoms with Crippen molar-refractivity contribution in [2.45, 2.75) is 19.8 Å². The summed E-state index contributed by atoms with van der Waals surface area (Å²) in [4.78, 5) is 11.2. The van der Waals surface area contributed by atoms with Crippen LogP contribution in [0.25, 0.3) is 0 Å². The number of halogens is 2. The molecule has 0 saturated carbocycles. The SMILES string of the molecule is CCOC(=O)C/C(=N\Nc1ccc(C#N)cc1)C(F)F. The summed E-state index contributed by atoms with van der Waals surface area (Å²) in [5.74, 6) is -0.756. The Morgan fingerprint density at radius 1 is 1.45 bits per heavy atom. The maximum atomic E-state index is 12.7. The number of alkyl halides is 2. The van der Waals surface area contributed by atoms with Gasteiger partial charge in [0.25, 0.3) is 6.43 Å². The van der Waals surface area contributed by atoms with Crippen molar-refractivity contribution in [3.63, 3.8) is 0 Å². The molecule has 0 bridgehead atoms. The molecule has 106 valence electrons. The van der Waals surface area contributed by atoms with E-state index in [1.54, 1.807) is 6.92 Å². The number of nitrogens with one attached hydrogen (secondary N) is 1. The molecule has 0 aliphatic heterocycles. The Morgan fingerprint density at radius 2 is 2.10 bits per heavy atom. The minimum Gasteiger partial charge on any atom is -0.466 e. The van der Waals surface area contributed by atoms with Crippen LogP contribution in [0.1, 0.15) is 18.9 Å². The molecule has 0 unspecified atom stereocenters. The fraction of sp³-hybridized carbons (Fsp3) is 0.308. The van der Waals surface area contributed by atoms with Gasteiger partial charge in [-0.15, -0.1) is 0 Å². The first-order chi connectivity index (χ1) is 9.56. The predicted molar refractivity (Wildman–Crippen MR) is 69.5 cm³/mol. The smallest absolute Gasteiger partial charge is 0.311 e. The lowest BCUT2D eigenvalue weighted by Gasteiger charge is -2.06. The topological polar surface area (TPSA) is 74.5 Å². The highest BCUT2D eigenvalue weighted by atomic mass is 19.3. The van der Waals surface area contributed by atoms with Crippen LogP contribution >= 0.6 is 0 Å². The average Bonchev–Trinajstić information content (AvgIpc) is 2.44. The quantitative estimate of drug-likeness (QED) is 0.494. The van der Waals surface area contributed by atoms with Crippen molar-refractivity contribution in [2.24, 2.45) is 5.10 Å². The van der Waals surface area contributed by atoms with Gasteiger partial charge in [0, 0.05) is 0 Å². The number of carbonyl (C=O) groups excluding carboxylic acids is 1. The Morgan fingerprint density at radius 3 is 2.60 bits per heavy atom. The van der Waals surface area contributed by atoms with Crippen molar-refractivity contribution < 1.29 is 18.3 Å². The van der Waals surface area contributed by atoms with Crippen LogP contribution in [0.5, 0.6) is 0 Å². The first-order valence-electron chi connectivity index (χ1n) is 5.83. The van der Waals surface area contributed by atoms with Crippen molar-refractivity contribution >= 4 is 17.4 Å². The lowest BCUT2D eigenvalue weighted by molar-refractivity contribution is -0.141. The number of hydrogen-bond acceptors (Lipinski definition) is 5. The van der Waals surface area contributed by atoms with E-state index in [2.05, 4.69) is 15.3 Å². The third-order valence-electron chi connectivity index (χ3n) is 2.23. The second kappa shape index (κ2) is 7.84. The molecule has 7 heteroatoms. The molecule has 1 N–H and O–H groups in total.